The second-order valence-electron chi connectivity index (χ2n) is 9.18. The number of nitrogens with one attached hydrogen (secondary N) is 1. The molecule has 33 heavy (non-hydrogen) atoms. The first-order chi connectivity index (χ1) is 15.6. The van der Waals surface area contributed by atoms with Crippen molar-refractivity contribution in [2.24, 2.45) is 5.92 Å². The van der Waals surface area contributed by atoms with Crippen LogP contribution < -0.4 is 10.2 Å². The number of aryl methyl sites for hydroxylation is 1. The Hall–Kier alpha value is -3.29. The van der Waals surface area contributed by atoms with E-state index in [2.05, 4.69) is 20.3 Å². The molecule has 1 N–H and O–H groups in total. The molecule has 0 bridgehead atoms. The van der Waals surface area contributed by atoms with E-state index in [4.69, 9.17) is 0 Å². The summed E-state index contributed by atoms with van der Waals surface area (Å²) in [5.74, 6) is 0.305. The lowest BCUT2D eigenvalue weighted by atomic mass is 9.84. The van der Waals surface area contributed by atoms with E-state index in [0.717, 1.165) is 37.3 Å². The molecule has 1 fully saturated rings. The smallest absolute Gasteiger partial charge is 0.259 e. The van der Waals surface area contributed by atoms with E-state index in [-0.39, 0.29) is 17.6 Å². The number of carbonyl (C=O) groups excluding carboxylic acids is 1. The van der Waals surface area contributed by atoms with Crippen LogP contribution in [0, 0.1) is 25.6 Å². The molecule has 0 atom stereocenters. The first-order valence-electron chi connectivity index (χ1n) is 11.2. The molecule has 0 saturated carbocycles. The van der Waals surface area contributed by atoms with Gasteiger partial charge >= 0.3 is 0 Å². The van der Waals surface area contributed by atoms with E-state index in [1.165, 1.54) is 18.3 Å². The van der Waals surface area contributed by atoms with E-state index < -0.39 is 5.67 Å². The van der Waals surface area contributed by atoms with E-state index in [1.54, 1.807) is 43.8 Å². The second kappa shape index (κ2) is 8.92. The van der Waals surface area contributed by atoms with Gasteiger partial charge in [-0.25, -0.2) is 18.4 Å². The molecule has 1 saturated heterocycles. The summed E-state index contributed by atoms with van der Waals surface area (Å²) in [6.07, 6.45) is 4.73. The highest BCUT2D eigenvalue weighted by molar-refractivity contribution is 6.05. The summed E-state index contributed by atoms with van der Waals surface area (Å²) in [6, 6.07) is 7.83. The maximum absolute atomic E-state index is 14.2. The van der Waals surface area contributed by atoms with E-state index in [0.29, 0.717) is 22.6 Å². The largest absolute Gasteiger partial charge is 0.356 e. The van der Waals surface area contributed by atoms with Gasteiger partial charge in [-0.3, -0.25) is 4.79 Å². The summed E-state index contributed by atoms with van der Waals surface area (Å²) < 4.78 is 29.1. The van der Waals surface area contributed by atoms with Crippen molar-refractivity contribution in [1.82, 2.24) is 14.8 Å². The third kappa shape index (κ3) is 4.89. The second-order valence-corrected chi connectivity index (χ2v) is 9.18. The molecule has 8 heteroatoms. The van der Waals surface area contributed by atoms with E-state index >= 15 is 0 Å². The Morgan fingerprint density at radius 3 is 2.39 bits per heavy atom. The van der Waals surface area contributed by atoms with Crippen molar-refractivity contribution in [2.45, 2.75) is 46.2 Å². The van der Waals surface area contributed by atoms with Crippen LogP contribution in [-0.4, -0.2) is 39.4 Å². The minimum absolute atomic E-state index is 0.0617. The number of aromatic nitrogens is 3. The molecule has 0 spiro atoms. The third-order valence-corrected chi connectivity index (χ3v) is 6.40. The van der Waals surface area contributed by atoms with Gasteiger partial charge in [0.2, 0.25) is 0 Å². The lowest BCUT2D eigenvalue weighted by Gasteiger charge is -2.37. The minimum atomic E-state index is -1.16. The highest BCUT2D eigenvalue weighted by atomic mass is 19.1. The number of alkyl halides is 1. The van der Waals surface area contributed by atoms with Gasteiger partial charge in [0.05, 0.1) is 35.0 Å². The summed E-state index contributed by atoms with van der Waals surface area (Å²) in [5.41, 5.74) is 2.14. The molecule has 0 aliphatic carbocycles. The zero-order chi connectivity index (χ0) is 23.8. The number of piperidine rings is 1. The Balaban J connectivity index is 1.44. The number of rotatable bonds is 5. The fourth-order valence-electron chi connectivity index (χ4n) is 4.42. The number of halogens is 2. The maximum atomic E-state index is 14.2. The van der Waals surface area contributed by atoms with E-state index in [9.17, 15) is 13.6 Å². The Bertz CT molecular complexity index is 1140. The van der Waals surface area contributed by atoms with Gasteiger partial charge < -0.3 is 10.2 Å². The van der Waals surface area contributed by atoms with Crippen molar-refractivity contribution in [3.8, 4) is 5.69 Å². The molecule has 4 rings (SSSR count). The molecular weight excluding hydrogens is 424 g/mol. The Morgan fingerprint density at radius 2 is 1.79 bits per heavy atom. The number of anilines is 2. The Labute approximate surface area is 192 Å². The summed E-state index contributed by atoms with van der Waals surface area (Å²) >= 11 is 0. The van der Waals surface area contributed by atoms with Gasteiger partial charge in [-0.15, -0.1) is 0 Å². The molecule has 174 valence electrons. The number of benzene rings is 1. The quantitative estimate of drug-likeness (QED) is 0.574. The summed E-state index contributed by atoms with van der Waals surface area (Å²) in [4.78, 5) is 19.6. The van der Waals surface area contributed by atoms with Gasteiger partial charge in [0.15, 0.2) is 0 Å². The van der Waals surface area contributed by atoms with Crippen molar-refractivity contribution < 1.29 is 13.6 Å². The molecule has 3 aromatic rings. The minimum Gasteiger partial charge on any atom is -0.356 e. The number of hydrogen-bond donors (Lipinski definition) is 1. The van der Waals surface area contributed by atoms with Gasteiger partial charge in [0.1, 0.15) is 17.3 Å². The third-order valence-electron chi connectivity index (χ3n) is 6.40. The van der Waals surface area contributed by atoms with Crippen LogP contribution in [0.1, 0.15) is 48.3 Å². The van der Waals surface area contributed by atoms with Crippen LogP contribution in [0.2, 0.25) is 0 Å². The molecule has 1 aliphatic rings. The van der Waals surface area contributed by atoms with Gasteiger partial charge in [-0.05, 0) is 82.3 Å². The van der Waals surface area contributed by atoms with Crippen molar-refractivity contribution in [2.75, 3.05) is 23.3 Å². The fraction of sp³-hybridized carbons (Fsp3) is 0.400. The highest BCUT2D eigenvalue weighted by Gasteiger charge is 2.32. The molecule has 2 aromatic heterocycles. The molecule has 1 aromatic carbocycles. The van der Waals surface area contributed by atoms with Crippen LogP contribution in [0.4, 0.5) is 20.3 Å². The number of amides is 1. The molecule has 6 nitrogen and oxygen atoms in total. The van der Waals surface area contributed by atoms with Crippen molar-refractivity contribution >= 4 is 17.4 Å². The predicted molar refractivity (Wildman–Crippen MR) is 125 cm³/mol. The van der Waals surface area contributed by atoms with Gasteiger partial charge in [-0.1, -0.05) is 0 Å². The standard InChI is InChI=1S/C25H29F2N5O/c1-16-13-20(14-28-23(16)31-11-9-18(10-12-31)25(3,4)27)30-24(33)22-15-29-32(17(22)2)21-7-5-19(26)6-8-21/h5-8,13-15,18H,9-12H2,1-4H3,(H,30,33). The Kier molecular flexibility index (Phi) is 6.19. The van der Waals surface area contributed by atoms with Crippen molar-refractivity contribution in [1.29, 1.82) is 0 Å². The fourth-order valence-corrected chi connectivity index (χ4v) is 4.42. The van der Waals surface area contributed by atoms with Crippen LogP contribution in [-0.2, 0) is 0 Å². The summed E-state index contributed by atoms with van der Waals surface area (Å²) in [7, 11) is 0. The molecule has 0 unspecified atom stereocenters. The van der Waals surface area contributed by atoms with Crippen LogP contribution in [0.5, 0.6) is 0 Å². The van der Waals surface area contributed by atoms with Gasteiger partial charge in [-0.2, -0.15) is 5.10 Å². The SMILES string of the molecule is Cc1cc(NC(=O)c2cnn(-c3ccc(F)cc3)c2C)cnc1N1CCC(C(C)(C)F)CC1. The van der Waals surface area contributed by atoms with Crippen molar-refractivity contribution in [3.63, 3.8) is 0 Å². The number of hydrogen-bond acceptors (Lipinski definition) is 4. The predicted octanol–water partition coefficient (Wildman–Crippen LogP) is 5.24. The van der Waals surface area contributed by atoms with Crippen LogP contribution in [0.15, 0.2) is 42.7 Å². The average Bonchev–Trinajstić information content (AvgIpc) is 3.15. The lowest BCUT2D eigenvalue weighted by molar-refractivity contribution is 0.102. The Morgan fingerprint density at radius 1 is 1.12 bits per heavy atom. The maximum Gasteiger partial charge on any atom is 0.259 e. The first-order valence-corrected chi connectivity index (χ1v) is 11.2. The average molecular weight is 454 g/mol. The first kappa shape index (κ1) is 22.9. The topological polar surface area (TPSA) is 63.1 Å². The van der Waals surface area contributed by atoms with Crippen molar-refractivity contribution in [3.05, 3.63) is 65.4 Å². The number of carbonyl (C=O) groups is 1. The molecule has 3 heterocycles. The molecule has 0 radical (unpaired) electrons. The lowest BCUT2D eigenvalue weighted by Crippen LogP contribution is -2.40. The molecular formula is C25H29F2N5O. The summed E-state index contributed by atoms with van der Waals surface area (Å²) in [6.45, 7) is 8.58. The van der Waals surface area contributed by atoms with Gasteiger partial charge in [0.25, 0.3) is 5.91 Å². The monoisotopic (exact) mass is 453 g/mol. The molecule has 1 aliphatic heterocycles. The van der Waals surface area contributed by atoms with Crippen LogP contribution in [0.3, 0.4) is 0 Å². The van der Waals surface area contributed by atoms with Gasteiger partial charge in [0, 0.05) is 13.1 Å². The van der Waals surface area contributed by atoms with Crippen LogP contribution in [0.25, 0.3) is 5.69 Å². The molecule has 1 amide bonds. The number of pyridine rings is 1. The highest BCUT2D eigenvalue weighted by Crippen LogP contribution is 2.33. The van der Waals surface area contributed by atoms with E-state index in [1.807, 2.05) is 13.0 Å². The number of nitrogens with zero attached hydrogens (tertiary/aromatic N) is 4. The van der Waals surface area contributed by atoms with Crippen LogP contribution >= 0.6 is 0 Å². The summed E-state index contributed by atoms with van der Waals surface area (Å²) in [5, 5.41) is 7.17. The zero-order valence-corrected chi connectivity index (χ0v) is 19.4. The normalized spacial score (nSPS) is 15.0. The zero-order valence-electron chi connectivity index (χ0n) is 19.4.